The number of hydrogen-bond donors (Lipinski definition) is 2. The van der Waals surface area contributed by atoms with E-state index in [-0.39, 0.29) is 5.91 Å². The average Bonchev–Trinajstić information content (AvgIpc) is 2.00. The van der Waals surface area contributed by atoms with E-state index >= 15 is 0 Å². The van der Waals surface area contributed by atoms with E-state index in [4.69, 9.17) is 5.11 Å². The van der Waals surface area contributed by atoms with Gasteiger partial charge in [-0.1, -0.05) is 6.92 Å². The van der Waals surface area contributed by atoms with Gasteiger partial charge in [0.1, 0.15) is 6.04 Å². The molecule has 1 amide bonds. The second-order valence-electron chi connectivity index (χ2n) is 2.30. The molecule has 0 aliphatic heterocycles. The molecule has 1 unspecified atom stereocenters. The third-order valence-corrected chi connectivity index (χ3v) is 1.87. The highest BCUT2D eigenvalue weighted by molar-refractivity contribution is 7.99. The highest BCUT2D eigenvalue weighted by Gasteiger charge is 2.16. The van der Waals surface area contributed by atoms with Gasteiger partial charge in [0, 0.05) is 0 Å². The van der Waals surface area contributed by atoms with Crippen molar-refractivity contribution in [2.75, 3.05) is 12.0 Å². The summed E-state index contributed by atoms with van der Waals surface area (Å²) in [5, 5.41) is 11.0. The molecule has 12 heavy (non-hydrogen) atoms. The SMILES string of the molecule is CCC(NC(=O)CSC)C(=O)O. The minimum absolute atomic E-state index is 0.225. The maximum Gasteiger partial charge on any atom is 0.326 e. The van der Waals surface area contributed by atoms with Crippen molar-refractivity contribution < 1.29 is 14.7 Å². The summed E-state index contributed by atoms with van der Waals surface area (Å²) < 4.78 is 0. The van der Waals surface area contributed by atoms with Gasteiger partial charge in [0.15, 0.2) is 0 Å². The van der Waals surface area contributed by atoms with Crippen molar-refractivity contribution in [1.29, 1.82) is 0 Å². The average molecular weight is 191 g/mol. The van der Waals surface area contributed by atoms with E-state index < -0.39 is 12.0 Å². The standard InChI is InChI=1S/C7H13NO3S/c1-3-5(7(10)11)8-6(9)4-12-2/h5H,3-4H2,1-2H3,(H,8,9)(H,10,11). The largest absolute Gasteiger partial charge is 0.480 e. The van der Waals surface area contributed by atoms with Gasteiger partial charge in [0.05, 0.1) is 5.75 Å². The fourth-order valence-electron chi connectivity index (χ4n) is 0.706. The molecule has 5 heteroatoms. The van der Waals surface area contributed by atoms with Gasteiger partial charge < -0.3 is 10.4 Å². The normalized spacial score (nSPS) is 12.2. The third kappa shape index (κ3) is 4.23. The van der Waals surface area contributed by atoms with Crippen LogP contribution in [0.1, 0.15) is 13.3 Å². The highest BCUT2D eigenvalue weighted by Crippen LogP contribution is 1.94. The quantitative estimate of drug-likeness (QED) is 0.657. The molecule has 4 nitrogen and oxygen atoms in total. The van der Waals surface area contributed by atoms with Crippen LogP contribution in [0.5, 0.6) is 0 Å². The Hall–Kier alpha value is -0.710. The van der Waals surface area contributed by atoms with Crippen LogP contribution in [0.4, 0.5) is 0 Å². The van der Waals surface area contributed by atoms with E-state index in [1.165, 1.54) is 11.8 Å². The summed E-state index contributed by atoms with van der Waals surface area (Å²) in [5.41, 5.74) is 0. The molecule has 0 spiro atoms. The molecule has 0 heterocycles. The van der Waals surface area contributed by atoms with Crippen LogP contribution in [0.25, 0.3) is 0 Å². The van der Waals surface area contributed by atoms with Crippen LogP contribution in [0, 0.1) is 0 Å². The van der Waals surface area contributed by atoms with Crippen LogP contribution in [0.3, 0.4) is 0 Å². The first-order valence-corrected chi connectivity index (χ1v) is 5.02. The number of carbonyl (C=O) groups excluding carboxylic acids is 1. The molecular formula is C7H13NO3S. The smallest absolute Gasteiger partial charge is 0.326 e. The van der Waals surface area contributed by atoms with Crippen LogP contribution < -0.4 is 5.32 Å². The second-order valence-corrected chi connectivity index (χ2v) is 3.17. The zero-order chi connectivity index (χ0) is 9.56. The number of carboxylic acids is 1. The zero-order valence-electron chi connectivity index (χ0n) is 7.16. The van der Waals surface area contributed by atoms with Crippen molar-refractivity contribution in [3.63, 3.8) is 0 Å². The van der Waals surface area contributed by atoms with E-state index in [2.05, 4.69) is 5.32 Å². The molecule has 0 saturated carbocycles. The molecule has 0 aromatic rings. The molecule has 0 radical (unpaired) electrons. The number of hydrogen-bond acceptors (Lipinski definition) is 3. The Bertz CT molecular complexity index is 172. The van der Waals surface area contributed by atoms with Gasteiger partial charge in [0.2, 0.25) is 5.91 Å². The van der Waals surface area contributed by atoms with Gasteiger partial charge in [-0.3, -0.25) is 4.79 Å². The van der Waals surface area contributed by atoms with Crippen molar-refractivity contribution in [2.45, 2.75) is 19.4 Å². The van der Waals surface area contributed by atoms with E-state index in [1.54, 1.807) is 13.2 Å². The Morgan fingerprint density at radius 1 is 1.58 bits per heavy atom. The van der Waals surface area contributed by atoms with Crippen molar-refractivity contribution in [1.82, 2.24) is 5.32 Å². The monoisotopic (exact) mass is 191 g/mol. The summed E-state index contributed by atoms with van der Waals surface area (Å²) in [6.07, 6.45) is 2.21. The van der Waals surface area contributed by atoms with Gasteiger partial charge in [-0.2, -0.15) is 11.8 Å². The fourth-order valence-corrected chi connectivity index (χ4v) is 1.05. The third-order valence-electron chi connectivity index (χ3n) is 1.32. The number of thioether (sulfide) groups is 1. The molecule has 0 fully saturated rings. The lowest BCUT2D eigenvalue weighted by Gasteiger charge is -2.10. The molecule has 2 N–H and O–H groups in total. The van der Waals surface area contributed by atoms with Gasteiger partial charge in [-0.05, 0) is 12.7 Å². The fraction of sp³-hybridized carbons (Fsp3) is 0.714. The first kappa shape index (κ1) is 11.3. The molecule has 0 bridgehead atoms. The number of aliphatic carboxylic acids is 1. The second kappa shape index (κ2) is 5.88. The molecule has 70 valence electrons. The summed E-state index contributed by atoms with van der Waals surface area (Å²) in [7, 11) is 0. The maximum atomic E-state index is 10.9. The number of rotatable bonds is 5. The van der Waals surface area contributed by atoms with E-state index in [0.29, 0.717) is 12.2 Å². The predicted octanol–water partition coefficient (Wildman–Crippen LogP) is 0.329. The highest BCUT2D eigenvalue weighted by atomic mass is 32.2. The molecule has 0 aliphatic carbocycles. The lowest BCUT2D eigenvalue weighted by Crippen LogP contribution is -2.41. The van der Waals surface area contributed by atoms with E-state index in [9.17, 15) is 9.59 Å². The Kier molecular flexibility index (Phi) is 5.53. The number of carbonyl (C=O) groups is 2. The summed E-state index contributed by atoms with van der Waals surface area (Å²) >= 11 is 1.37. The van der Waals surface area contributed by atoms with Crippen molar-refractivity contribution >= 4 is 23.6 Å². The molecule has 0 aromatic carbocycles. The minimum atomic E-state index is -0.980. The summed E-state index contributed by atoms with van der Waals surface area (Å²) in [4.78, 5) is 21.4. The molecule has 1 atom stereocenters. The van der Waals surface area contributed by atoms with Crippen molar-refractivity contribution in [3.8, 4) is 0 Å². The van der Waals surface area contributed by atoms with Crippen LogP contribution >= 0.6 is 11.8 Å². The van der Waals surface area contributed by atoms with Crippen LogP contribution in [-0.2, 0) is 9.59 Å². The summed E-state index contributed by atoms with van der Waals surface area (Å²) in [6, 6.07) is -0.746. The first-order chi connectivity index (χ1) is 5.61. The topological polar surface area (TPSA) is 66.4 Å². The number of nitrogens with one attached hydrogen (secondary N) is 1. The Labute approximate surface area is 75.7 Å². The lowest BCUT2D eigenvalue weighted by molar-refractivity contribution is -0.141. The van der Waals surface area contributed by atoms with Gasteiger partial charge in [-0.15, -0.1) is 0 Å². The van der Waals surface area contributed by atoms with Crippen molar-refractivity contribution in [2.24, 2.45) is 0 Å². The zero-order valence-corrected chi connectivity index (χ0v) is 7.98. The molecule has 0 aliphatic rings. The summed E-state index contributed by atoms with van der Waals surface area (Å²) in [5.74, 6) is -0.896. The molecule has 0 aromatic heterocycles. The Balaban J connectivity index is 3.85. The minimum Gasteiger partial charge on any atom is -0.480 e. The van der Waals surface area contributed by atoms with E-state index in [1.807, 2.05) is 0 Å². The van der Waals surface area contributed by atoms with Crippen LogP contribution in [0.2, 0.25) is 0 Å². The first-order valence-electron chi connectivity index (χ1n) is 3.63. The predicted molar refractivity (Wildman–Crippen MR) is 48.2 cm³/mol. The van der Waals surface area contributed by atoms with E-state index in [0.717, 1.165) is 0 Å². The van der Waals surface area contributed by atoms with Gasteiger partial charge in [-0.25, -0.2) is 4.79 Å². The number of carboxylic acid groups (broad SMARTS) is 1. The summed E-state index contributed by atoms with van der Waals surface area (Å²) in [6.45, 7) is 1.72. The van der Waals surface area contributed by atoms with Crippen LogP contribution in [-0.4, -0.2) is 35.0 Å². The lowest BCUT2D eigenvalue weighted by atomic mass is 10.2. The number of amides is 1. The molecular weight excluding hydrogens is 178 g/mol. The van der Waals surface area contributed by atoms with Crippen molar-refractivity contribution in [3.05, 3.63) is 0 Å². The van der Waals surface area contributed by atoms with Gasteiger partial charge >= 0.3 is 5.97 Å². The van der Waals surface area contributed by atoms with Crippen LogP contribution in [0.15, 0.2) is 0 Å². The molecule has 0 rings (SSSR count). The maximum absolute atomic E-state index is 10.9. The Morgan fingerprint density at radius 3 is 2.50 bits per heavy atom. The van der Waals surface area contributed by atoms with Gasteiger partial charge in [0.25, 0.3) is 0 Å². The Morgan fingerprint density at radius 2 is 2.17 bits per heavy atom. The molecule has 0 saturated heterocycles.